The van der Waals surface area contributed by atoms with Crippen molar-refractivity contribution < 1.29 is 23.1 Å². The minimum absolute atomic E-state index is 0.0657. The molecule has 132 valence electrons. The van der Waals surface area contributed by atoms with Gasteiger partial charge in [0.2, 0.25) is 10.0 Å². The second-order valence-corrected chi connectivity index (χ2v) is 7.86. The van der Waals surface area contributed by atoms with Gasteiger partial charge >= 0.3 is 5.97 Å². The molecule has 0 saturated heterocycles. The first-order chi connectivity index (χ1) is 11.2. The maximum absolute atomic E-state index is 12.2. The van der Waals surface area contributed by atoms with E-state index >= 15 is 0 Å². The number of rotatable bonds is 7. The van der Waals surface area contributed by atoms with Gasteiger partial charge in [0.25, 0.3) is 5.91 Å². The van der Waals surface area contributed by atoms with Gasteiger partial charge in [-0.25, -0.2) is 17.9 Å². The molecule has 1 amide bonds. The first kappa shape index (κ1) is 18.4. The van der Waals surface area contributed by atoms with Crippen molar-refractivity contribution in [1.29, 1.82) is 0 Å². The molecule has 1 aromatic carbocycles. The Hall–Kier alpha value is -1.93. The molecule has 1 unspecified atom stereocenters. The molecule has 0 aromatic heterocycles. The van der Waals surface area contributed by atoms with E-state index in [0.29, 0.717) is 19.3 Å². The van der Waals surface area contributed by atoms with Gasteiger partial charge in [-0.2, -0.15) is 0 Å². The molecular formula is C16H22N2O5S. The Bertz CT molecular complexity index is 723. The summed E-state index contributed by atoms with van der Waals surface area (Å²) in [6.45, 7) is 3.64. The molecule has 1 fully saturated rings. The minimum atomic E-state index is -3.63. The Morgan fingerprint density at radius 3 is 2.25 bits per heavy atom. The van der Waals surface area contributed by atoms with Crippen molar-refractivity contribution in [3.8, 4) is 0 Å². The van der Waals surface area contributed by atoms with Gasteiger partial charge < -0.3 is 10.4 Å². The van der Waals surface area contributed by atoms with Crippen molar-refractivity contribution in [2.45, 2.75) is 56.0 Å². The number of amides is 1. The fourth-order valence-corrected chi connectivity index (χ4v) is 3.74. The molecule has 0 aliphatic heterocycles. The smallest absolute Gasteiger partial charge is 0.329 e. The molecule has 7 nitrogen and oxygen atoms in total. The highest BCUT2D eigenvalue weighted by atomic mass is 32.2. The van der Waals surface area contributed by atoms with Crippen molar-refractivity contribution in [3.63, 3.8) is 0 Å². The molecular weight excluding hydrogens is 332 g/mol. The number of aliphatic carboxylic acids is 1. The maximum atomic E-state index is 12.2. The van der Waals surface area contributed by atoms with E-state index in [9.17, 15) is 23.1 Å². The molecule has 8 heteroatoms. The Balaban J connectivity index is 2.12. The van der Waals surface area contributed by atoms with E-state index in [2.05, 4.69) is 10.0 Å². The molecule has 0 bridgehead atoms. The molecule has 1 atom stereocenters. The number of carbonyl (C=O) groups excluding carboxylic acids is 1. The van der Waals surface area contributed by atoms with Crippen molar-refractivity contribution in [3.05, 3.63) is 29.8 Å². The molecule has 1 aliphatic rings. The molecule has 2 rings (SSSR count). The quantitative estimate of drug-likeness (QED) is 0.687. The lowest BCUT2D eigenvalue weighted by atomic mass is 9.76. The zero-order chi connectivity index (χ0) is 18.0. The maximum Gasteiger partial charge on any atom is 0.329 e. The van der Waals surface area contributed by atoms with Crippen LogP contribution >= 0.6 is 0 Å². The number of carbonyl (C=O) groups is 2. The second-order valence-electron chi connectivity index (χ2n) is 6.15. The van der Waals surface area contributed by atoms with E-state index in [4.69, 9.17) is 0 Å². The predicted molar refractivity (Wildman–Crippen MR) is 88.2 cm³/mol. The predicted octanol–water partition coefficient (Wildman–Crippen LogP) is 1.50. The van der Waals surface area contributed by atoms with Gasteiger partial charge in [0.05, 0.1) is 4.90 Å². The molecule has 24 heavy (non-hydrogen) atoms. The van der Waals surface area contributed by atoms with Crippen LogP contribution in [0.1, 0.15) is 49.9 Å². The molecule has 1 aliphatic carbocycles. The zero-order valence-corrected chi connectivity index (χ0v) is 14.5. The summed E-state index contributed by atoms with van der Waals surface area (Å²) in [6, 6.07) is 5.26. The van der Waals surface area contributed by atoms with E-state index in [1.54, 1.807) is 6.92 Å². The first-order valence-corrected chi connectivity index (χ1v) is 9.37. The van der Waals surface area contributed by atoms with Crippen molar-refractivity contribution in [2.75, 3.05) is 0 Å². The van der Waals surface area contributed by atoms with Crippen LogP contribution in [-0.2, 0) is 14.8 Å². The first-order valence-electron chi connectivity index (χ1n) is 7.88. The normalized spacial score (nSPS) is 17.6. The van der Waals surface area contributed by atoms with E-state index in [0.717, 1.165) is 6.42 Å². The van der Waals surface area contributed by atoms with Crippen molar-refractivity contribution >= 4 is 21.9 Å². The van der Waals surface area contributed by atoms with Gasteiger partial charge in [-0.1, -0.05) is 6.92 Å². The van der Waals surface area contributed by atoms with Crippen LogP contribution in [0.3, 0.4) is 0 Å². The summed E-state index contributed by atoms with van der Waals surface area (Å²) in [5, 5.41) is 11.8. The summed E-state index contributed by atoms with van der Waals surface area (Å²) in [7, 11) is -3.63. The largest absolute Gasteiger partial charge is 0.480 e. The van der Waals surface area contributed by atoms with Gasteiger partial charge in [-0.15, -0.1) is 0 Å². The number of nitrogens with one attached hydrogen (secondary N) is 2. The Labute approximate surface area is 141 Å². The fourth-order valence-electron chi connectivity index (χ4n) is 2.41. The molecule has 0 heterocycles. The molecule has 3 N–H and O–H groups in total. The molecule has 1 saturated carbocycles. The number of hydrogen-bond acceptors (Lipinski definition) is 4. The SMILES string of the molecule is CCC(C)NS(=O)(=O)c1ccc(C(=O)NC2(C(=O)O)CCC2)cc1. The van der Waals surface area contributed by atoms with Gasteiger partial charge in [0.1, 0.15) is 5.54 Å². The van der Waals surface area contributed by atoms with Crippen molar-refractivity contribution in [1.82, 2.24) is 10.0 Å². The third-order valence-electron chi connectivity index (χ3n) is 4.36. The number of hydrogen-bond donors (Lipinski definition) is 3. The van der Waals surface area contributed by atoms with Crippen molar-refractivity contribution in [2.24, 2.45) is 0 Å². The summed E-state index contributed by atoms with van der Waals surface area (Å²) in [6.07, 6.45) is 2.22. The third-order valence-corrected chi connectivity index (χ3v) is 5.97. The second kappa shape index (κ2) is 6.90. The van der Waals surface area contributed by atoms with Crippen LogP contribution in [0, 0.1) is 0 Å². The average Bonchev–Trinajstić information content (AvgIpc) is 2.49. The van der Waals surface area contributed by atoms with E-state index in [1.165, 1.54) is 24.3 Å². The highest BCUT2D eigenvalue weighted by molar-refractivity contribution is 7.89. The Morgan fingerprint density at radius 1 is 1.25 bits per heavy atom. The van der Waals surface area contributed by atoms with Crippen LogP contribution in [-0.4, -0.2) is 37.0 Å². The van der Waals surface area contributed by atoms with Crippen LogP contribution < -0.4 is 10.0 Å². The number of sulfonamides is 1. The summed E-state index contributed by atoms with van der Waals surface area (Å²) in [5.74, 6) is -1.56. The lowest BCUT2D eigenvalue weighted by molar-refractivity contribution is -0.148. The van der Waals surface area contributed by atoms with E-state index < -0.39 is 27.4 Å². The summed E-state index contributed by atoms with van der Waals surface area (Å²) >= 11 is 0. The highest BCUT2D eigenvalue weighted by Gasteiger charge is 2.45. The third kappa shape index (κ3) is 3.76. The monoisotopic (exact) mass is 354 g/mol. The Morgan fingerprint density at radius 2 is 1.83 bits per heavy atom. The average molecular weight is 354 g/mol. The number of benzene rings is 1. The summed E-state index contributed by atoms with van der Waals surface area (Å²) in [5.41, 5.74) is -0.968. The van der Waals surface area contributed by atoms with Gasteiger partial charge in [-0.3, -0.25) is 4.79 Å². The molecule has 0 spiro atoms. The summed E-state index contributed by atoms with van der Waals surface area (Å²) in [4.78, 5) is 23.6. The minimum Gasteiger partial charge on any atom is -0.480 e. The van der Waals surface area contributed by atoms with E-state index in [-0.39, 0.29) is 16.5 Å². The zero-order valence-electron chi connectivity index (χ0n) is 13.7. The van der Waals surface area contributed by atoms with E-state index in [1.807, 2.05) is 6.92 Å². The fraction of sp³-hybridized carbons (Fsp3) is 0.500. The highest BCUT2D eigenvalue weighted by Crippen LogP contribution is 2.32. The van der Waals surface area contributed by atoms with Crippen LogP contribution in [0.2, 0.25) is 0 Å². The summed E-state index contributed by atoms with van der Waals surface area (Å²) < 4.78 is 26.9. The lowest BCUT2D eigenvalue weighted by Gasteiger charge is -2.38. The van der Waals surface area contributed by atoms with Crippen LogP contribution in [0.25, 0.3) is 0 Å². The van der Waals surface area contributed by atoms with Crippen LogP contribution in [0.5, 0.6) is 0 Å². The van der Waals surface area contributed by atoms with Crippen LogP contribution in [0.4, 0.5) is 0 Å². The molecule has 1 aromatic rings. The molecule has 0 radical (unpaired) electrons. The van der Waals surface area contributed by atoms with Gasteiger partial charge in [0.15, 0.2) is 0 Å². The number of carboxylic acids is 1. The topological polar surface area (TPSA) is 113 Å². The Kier molecular flexibility index (Phi) is 5.29. The van der Waals surface area contributed by atoms with Gasteiger partial charge in [0, 0.05) is 11.6 Å². The van der Waals surface area contributed by atoms with Crippen LogP contribution in [0.15, 0.2) is 29.2 Å². The van der Waals surface area contributed by atoms with Gasteiger partial charge in [-0.05, 0) is 56.9 Å². The lowest BCUT2D eigenvalue weighted by Crippen LogP contribution is -2.59. The number of carboxylic acid groups (broad SMARTS) is 1. The standard InChI is InChI=1S/C16H22N2O5S/c1-3-11(2)18-24(22,23)13-7-5-12(6-8-13)14(19)17-16(15(20)21)9-4-10-16/h5-8,11,18H,3-4,9-10H2,1-2H3,(H,17,19)(H,20,21).